The van der Waals surface area contributed by atoms with Crippen LogP contribution in [0.4, 0.5) is 5.69 Å². The highest BCUT2D eigenvalue weighted by atomic mass is 35.5. The second-order valence-electron chi connectivity index (χ2n) is 7.08. The Bertz CT molecular complexity index is 1180. The minimum absolute atomic E-state index is 0.114. The van der Waals surface area contributed by atoms with Crippen LogP contribution in [0, 0.1) is 0 Å². The number of carbonyl (C=O) groups excluding carboxylic acids is 1. The number of anilines is 1. The molecule has 0 aliphatic carbocycles. The molecule has 0 fully saturated rings. The van der Waals surface area contributed by atoms with Gasteiger partial charge in [0.2, 0.25) is 5.75 Å². The smallest absolute Gasteiger partial charge is 0.203 e. The Morgan fingerprint density at radius 1 is 0.794 bits per heavy atom. The van der Waals surface area contributed by atoms with Crippen molar-refractivity contribution in [3.05, 3.63) is 88.6 Å². The van der Waals surface area contributed by atoms with Crippen molar-refractivity contribution in [2.45, 2.75) is 0 Å². The SMILES string of the molecule is COc1cc(/C=C\c2cc(Cl)c(OC)c(N/C=C\C(=O)c3ccccc3)c2)cc(OC)c1OC. The molecule has 0 atom stereocenters. The molecule has 0 amide bonds. The molecule has 3 aromatic rings. The maximum atomic E-state index is 12.3. The van der Waals surface area contributed by atoms with Crippen molar-refractivity contribution in [3.8, 4) is 23.0 Å². The van der Waals surface area contributed by atoms with Gasteiger partial charge in [-0.2, -0.15) is 0 Å². The van der Waals surface area contributed by atoms with Gasteiger partial charge in [-0.15, -0.1) is 0 Å². The maximum Gasteiger partial charge on any atom is 0.203 e. The molecule has 0 saturated carbocycles. The van der Waals surface area contributed by atoms with Gasteiger partial charge < -0.3 is 24.3 Å². The van der Waals surface area contributed by atoms with Crippen molar-refractivity contribution < 1.29 is 23.7 Å². The van der Waals surface area contributed by atoms with E-state index < -0.39 is 0 Å². The Morgan fingerprint density at radius 3 is 1.94 bits per heavy atom. The number of hydrogen-bond acceptors (Lipinski definition) is 6. The lowest BCUT2D eigenvalue weighted by atomic mass is 10.1. The van der Waals surface area contributed by atoms with Gasteiger partial charge in [-0.1, -0.05) is 54.1 Å². The first-order chi connectivity index (χ1) is 16.5. The lowest BCUT2D eigenvalue weighted by Gasteiger charge is -2.13. The maximum absolute atomic E-state index is 12.3. The first-order valence-corrected chi connectivity index (χ1v) is 10.8. The van der Waals surface area contributed by atoms with Gasteiger partial charge in [0, 0.05) is 17.8 Å². The molecule has 6 nitrogen and oxygen atoms in total. The number of allylic oxidation sites excluding steroid dienone is 1. The van der Waals surface area contributed by atoms with Crippen molar-refractivity contribution in [2.24, 2.45) is 0 Å². The van der Waals surface area contributed by atoms with Crippen molar-refractivity contribution in [3.63, 3.8) is 0 Å². The van der Waals surface area contributed by atoms with E-state index in [1.807, 2.05) is 48.6 Å². The summed E-state index contributed by atoms with van der Waals surface area (Å²) in [4.78, 5) is 12.3. The van der Waals surface area contributed by atoms with Gasteiger partial charge in [0.25, 0.3) is 0 Å². The standard InChI is InChI=1S/C27H26ClNO5/c1-31-24-16-19(17-25(32-2)27(24)34-4)11-10-18-14-21(28)26(33-3)22(15-18)29-13-12-23(30)20-8-6-5-7-9-20/h5-17,29H,1-4H3/b11-10-,13-12-. The van der Waals surface area contributed by atoms with Crippen LogP contribution in [-0.2, 0) is 0 Å². The van der Waals surface area contributed by atoms with Crippen molar-refractivity contribution in [2.75, 3.05) is 33.8 Å². The number of nitrogens with one attached hydrogen (secondary N) is 1. The van der Waals surface area contributed by atoms with Gasteiger partial charge in [-0.05, 0) is 35.4 Å². The van der Waals surface area contributed by atoms with E-state index in [2.05, 4.69) is 5.32 Å². The Labute approximate surface area is 204 Å². The van der Waals surface area contributed by atoms with Crippen LogP contribution in [0.3, 0.4) is 0 Å². The predicted molar refractivity (Wildman–Crippen MR) is 137 cm³/mol. The van der Waals surface area contributed by atoms with E-state index in [1.54, 1.807) is 45.7 Å². The van der Waals surface area contributed by atoms with E-state index in [4.69, 9.17) is 30.5 Å². The molecule has 0 spiro atoms. The summed E-state index contributed by atoms with van der Waals surface area (Å²) in [5.41, 5.74) is 2.90. The normalized spacial score (nSPS) is 11.0. The van der Waals surface area contributed by atoms with Gasteiger partial charge in [-0.25, -0.2) is 0 Å². The Hall–Kier alpha value is -3.90. The van der Waals surface area contributed by atoms with Crippen LogP contribution < -0.4 is 24.3 Å². The average molecular weight is 480 g/mol. The average Bonchev–Trinajstić information content (AvgIpc) is 2.87. The van der Waals surface area contributed by atoms with Crippen LogP contribution in [0.5, 0.6) is 23.0 Å². The zero-order chi connectivity index (χ0) is 24.5. The fraction of sp³-hybridized carbons (Fsp3) is 0.148. The zero-order valence-electron chi connectivity index (χ0n) is 19.4. The highest BCUT2D eigenvalue weighted by Crippen LogP contribution is 2.39. The summed E-state index contributed by atoms with van der Waals surface area (Å²) in [6.45, 7) is 0. The summed E-state index contributed by atoms with van der Waals surface area (Å²) in [5, 5.41) is 3.52. The van der Waals surface area contributed by atoms with E-state index in [9.17, 15) is 4.79 Å². The van der Waals surface area contributed by atoms with Crippen molar-refractivity contribution >= 4 is 35.2 Å². The van der Waals surface area contributed by atoms with Gasteiger partial charge in [0.15, 0.2) is 23.0 Å². The van der Waals surface area contributed by atoms with Gasteiger partial charge in [0.1, 0.15) is 0 Å². The number of benzene rings is 3. The molecule has 1 N–H and O–H groups in total. The number of methoxy groups -OCH3 is 4. The van der Waals surface area contributed by atoms with Crippen LogP contribution in [0.15, 0.2) is 66.9 Å². The first-order valence-electron chi connectivity index (χ1n) is 10.4. The number of ether oxygens (including phenoxy) is 4. The highest BCUT2D eigenvalue weighted by molar-refractivity contribution is 6.32. The van der Waals surface area contributed by atoms with Crippen molar-refractivity contribution in [1.82, 2.24) is 0 Å². The first kappa shape index (κ1) is 24.7. The molecule has 3 rings (SSSR count). The molecule has 7 heteroatoms. The van der Waals surface area contributed by atoms with E-state index in [0.29, 0.717) is 39.3 Å². The lowest BCUT2D eigenvalue weighted by Crippen LogP contribution is -1.98. The number of carbonyl (C=O) groups is 1. The molecule has 0 saturated heterocycles. The van der Waals surface area contributed by atoms with Crippen LogP contribution in [0.2, 0.25) is 5.02 Å². The van der Waals surface area contributed by atoms with Gasteiger partial charge in [0.05, 0.1) is 39.1 Å². The minimum Gasteiger partial charge on any atom is -0.493 e. The van der Waals surface area contributed by atoms with E-state index in [0.717, 1.165) is 11.1 Å². The second-order valence-corrected chi connectivity index (χ2v) is 7.49. The fourth-order valence-corrected chi connectivity index (χ4v) is 3.63. The summed E-state index contributed by atoms with van der Waals surface area (Å²) >= 11 is 6.44. The summed E-state index contributed by atoms with van der Waals surface area (Å²) in [7, 11) is 6.24. The lowest BCUT2D eigenvalue weighted by molar-refractivity contribution is 0.104. The van der Waals surface area contributed by atoms with Crippen LogP contribution in [0.1, 0.15) is 21.5 Å². The second kappa shape index (κ2) is 11.8. The van der Waals surface area contributed by atoms with Crippen LogP contribution in [0.25, 0.3) is 12.2 Å². The molecule has 0 unspecified atom stereocenters. The van der Waals surface area contributed by atoms with Crippen LogP contribution in [-0.4, -0.2) is 34.2 Å². The minimum atomic E-state index is -0.114. The molecular weight excluding hydrogens is 454 g/mol. The number of halogens is 1. The quantitative estimate of drug-likeness (QED) is 0.207. The third-order valence-corrected chi connectivity index (χ3v) is 5.24. The summed E-state index contributed by atoms with van der Waals surface area (Å²) in [5.74, 6) is 2.01. The molecule has 0 aliphatic heterocycles. The van der Waals surface area contributed by atoms with Gasteiger partial charge >= 0.3 is 0 Å². The van der Waals surface area contributed by atoms with E-state index >= 15 is 0 Å². The molecule has 0 radical (unpaired) electrons. The Morgan fingerprint density at radius 2 is 1.38 bits per heavy atom. The summed E-state index contributed by atoms with van der Waals surface area (Å²) in [6.07, 6.45) is 6.83. The number of hydrogen-bond donors (Lipinski definition) is 1. The monoisotopic (exact) mass is 479 g/mol. The topological polar surface area (TPSA) is 66.0 Å². The molecule has 0 bridgehead atoms. The molecule has 176 valence electrons. The number of ketones is 1. The summed E-state index contributed by atoms with van der Waals surface area (Å²) < 4.78 is 21.6. The Kier molecular flexibility index (Phi) is 8.60. The molecular formula is C27H26ClNO5. The molecule has 0 aliphatic rings. The van der Waals surface area contributed by atoms with Gasteiger partial charge in [-0.3, -0.25) is 4.79 Å². The fourth-order valence-electron chi connectivity index (χ4n) is 3.32. The molecule has 34 heavy (non-hydrogen) atoms. The third kappa shape index (κ3) is 5.91. The Balaban J connectivity index is 1.86. The largest absolute Gasteiger partial charge is 0.493 e. The van der Waals surface area contributed by atoms with Crippen LogP contribution >= 0.6 is 11.6 Å². The molecule has 0 aromatic heterocycles. The van der Waals surface area contributed by atoms with E-state index in [1.165, 1.54) is 13.2 Å². The summed E-state index contributed by atoms with van der Waals surface area (Å²) in [6, 6.07) is 16.4. The number of rotatable bonds is 10. The zero-order valence-corrected chi connectivity index (χ0v) is 20.2. The molecule has 0 heterocycles. The molecule has 3 aromatic carbocycles. The predicted octanol–water partition coefficient (Wildman–Crippen LogP) is 6.35. The highest BCUT2D eigenvalue weighted by Gasteiger charge is 2.13. The third-order valence-electron chi connectivity index (χ3n) is 4.96. The van der Waals surface area contributed by atoms with E-state index in [-0.39, 0.29) is 5.78 Å². The van der Waals surface area contributed by atoms with Crippen molar-refractivity contribution in [1.29, 1.82) is 0 Å².